The first-order valence-electron chi connectivity index (χ1n) is 9.64. The number of benzene rings is 2. The Morgan fingerprint density at radius 2 is 1.97 bits per heavy atom. The molecule has 0 aliphatic carbocycles. The van der Waals surface area contributed by atoms with E-state index in [0.29, 0.717) is 56.0 Å². The predicted octanol–water partition coefficient (Wildman–Crippen LogP) is 3.78. The predicted molar refractivity (Wildman–Crippen MR) is 107 cm³/mol. The molecule has 7 heteroatoms. The summed E-state index contributed by atoms with van der Waals surface area (Å²) in [5, 5.41) is 0.598. The highest BCUT2D eigenvalue weighted by molar-refractivity contribution is 6.30. The molecule has 1 atom stereocenters. The van der Waals surface area contributed by atoms with Crippen LogP contribution in [0.2, 0.25) is 5.02 Å². The van der Waals surface area contributed by atoms with Crippen molar-refractivity contribution in [2.75, 3.05) is 33.0 Å². The number of rotatable bonds is 7. The second-order valence-corrected chi connectivity index (χ2v) is 7.67. The molecule has 0 N–H and O–H groups in total. The van der Waals surface area contributed by atoms with E-state index >= 15 is 0 Å². The molecule has 0 aromatic heterocycles. The summed E-state index contributed by atoms with van der Waals surface area (Å²) in [6.45, 7) is 3.98. The molecule has 0 spiro atoms. The van der Waals surface area contributed by atoms with Gasteiger partial charge in [-0.2, -0.15) is 0 Å². The van der Waals surface area contributed by atoms with E-state index < -0.39 is 0 Å². The number of carbonyl (C=O) groups is 1. The minimum atomic E-state index is -0.311. The van der Waals surface area contributed by atoms with Gasteiger partial charge >= 0.3 is 5.97 Å². The maximum absolute atomic E-state index is 11.9. The van der Waals surface area contributed by atoms with Gasteiger partial charge in [-0.3, -0.25) is 4.79 Å². The van der Waals surface area contributed by atoms with Crippen LogP contribution in [0.4, 0.5) is 0 Å². The Bertz CT molecular complexity index is 862. The Labute approximate surface area is 174 Å². The maximum Gasteiger partial charge on any atom is 0.306 e. The average molecular weight is 419 g/mol. The molecular weight excluding hydrogens is 396 g/mol. The molecule has 2 heterocycles. The lowest BCUT2D eigenvalue weighted by molar-refractivity contribution is -0.151. The summed E-state index contributed by atoms with van der Waals surface area (Å²) in [4.78, 5) is 11.9. The highest BCUT2D eigenvalue weighted by Gasteiger charge is 2.42. The molecule has 4 rings (SSSR count). The zero-order chi connectivity index (χ0) is 20.3. The van der Waals surface area contributed by atoms with Gasteiger partial charge in [-0.25, -0.2) is 0 Å². The van der Waals surface area contributed by atoms with Gasteiger partial charge in [-0.15, -0.1) is 0 Å². The molecule has 1 fully saturated rings. The third-order valence-electron chi connectivity index (χ3n) is 5.07. The minimum Gasteiger partial charge on any atom is -0.490 e. The van der Waals surface area contributed by atoms with Gasteiger partial charge in [-0.1, -0.05) is 23.7 Å². The summed E-state index contributed by atoms with van der Waals surface area (Å²) < 4.78 is 28.0. The van der Waals surface area contributed by atoms with Crippen LogP contribution in [0.3, 0.4) is 0 Å². The van der Waals surface area contributed by atoms with E-state index in [1.54, 1.807) is 18.2 Å². The van der Waals surface area contributed by atoms with Crippen LogP contribution in [0.15, 0.2) is 42.5 Å². The van der Waals surface area contributed by atoms with Crippen LogP contribution in [0.5, 0.6) is 17.2 Å². The fraction of sp³-hybridized carbons (Fsp3) is 0.409. The molecule has 2 aliphatic rings. The monoisotopic (exact) mass is 418 g/mol. The lowest BCUT2D eigenvalue weighted by atomic mass is 9.76. The van der Waals surface area contributed by atoms with Crippen LogP contribution in [-0.4, -0.2) is 45.1 Å². The Morgan fingerprint density at radius 3 is 2.66 bits per heavy atom. The average Bonchev–Trinajstić information content (AvgIpc) is 2.69. The molecule has 2 aliphatic heterocycles. The molecular formula is C22H23ClO6. The van der Waals surface area contributed by atoms with Gasteiger partial charge in [0.2, 0.25) is 0 Å². The van der Waals surface area contributed by atoms with E-state index in [1.807, 2.05) is 31.2 Å². The van der Waals surface area contributed by atoms with Crippen LogP contribution in [-0.2, 0) is 19.7 Å². The molecule has 0 amide bonds. The van der Waals surface area contributed by atoms with E-state index in [9.17, 15) is 4.79 Å². The number of hydrogen-bond donors (Lipinski definition) is 0. The van der Waals surface area contributed by atoms with Gasteiger partial charge < -0.3 is 23.7 Å². The maximum atomic E-state index is 11.9. The highest BCUT2D eigenvalue weighted by atomic mass is 35.5. The number of hydrogen-bond acceptors (Lipinski definition) is 6. The van der Waals surface area contributed by atoms with Crippen LogP contribution in [0.1, 0.15) is 18.9 Å². The number of esters is 1. The molecule has 154 valence electrons. The molecule has 6 nitrogen and oxygen atoms in total. The van der Waals surface area contributed by atoms with Crippen molar-refractivity contribution in [1.82, 2.24) is 0 Å². The fourth-order valence-corrected chi connectivity index (χ4v) is 3.64. The second-order valence-electron chi connectivity index (χ2n) is 7.23. The van der Waals surface area contributed by atoms with Gasteiger partial charge in [0.1, 0.15) is 19.0 Å². The molecule has 1 unspecified atom stereocenters. The molecule has 0 bridgehead atoms. The number of ether oxygens (including phenoxy) is 5. The number of carbonyl (C=O) groups excluding carboxylic acids is 1. The summed E-state index contributed by atoms with van der Waals surface area (Å²) in [7, 11) is 0. The SMILES string of the molecule is CCOC(=O)CC1(c2ccc(OCC3COc4ccc(Cl)cc4O3)cc2)COC1. The normalized spacial score (nSPS) is 19.2. The third kappa shape index (κ3) is 4.43. The quantitative estimate of drug-likeness (QED) is 0.638. The Hall–Kier alpha value is -2.44. The Balaban J connectivity index is 1.35. The van der Waals surface area contributed by atoms with Gasteiger partial charge in [0.05, 0.1) is 31.7 Å². The molecule has 0 radical (unpaired) electrons. The van der Waals surface area contributed by atoms with E-state index in [4.69, 9.17) is 35.3 Å². The lowest BCUT2D eigenvalue weighted by Crippen LogP contribution is -2.48. The Kier molecular flexibility index (Phi) is 5.83. The van der Waals surface area contributed by atoms with E-state index in [0.717, 1.165) is 11.3 Å². The van der Waals surface area contributed by atoms with Crippen molar-refractivity contribution in [2.45, 2.75) is 24.9 Å². The van der Waals surface area contributed by atoms with Crippen molar-refractivity contribution in [3.05, 3.63) is 53.1 Å². The van der Waals surface area contributed by atoms with E-state index in [-0.39, 0.29) is 17.5 Å². The van der Waals surface area contributed by atoms with E-state index in [1.165, 1.54) is 0 Å². The molecule has 0 saturated carbocycles. The van der Waals surface area contributed by atoms with Crippen molar-refractivity contribution < 1.29 is 28.5 Å². The smallest absolute Gasteiger partial charge is 0.306 e. The van der Waals surface area contributed by atoms with Crippen molar-refractivity contribution >= 4 is 17.6 Å². The summed E-state index contributed by atoms with van der Waals surface area (Å²) in [5.74, 6) is 1.83. The lowest BCUT2D eigenvalue weighted by Gasteiger charge is -2.41. The molecule has 1 saturated heterocycles. The topological polar surface area (TPSA) is 63.2 Å². The number of halogens is 1. The second kappa shape index (κ2) is 8.51. The van der Waals surface area contributed by atoms with Crippen molar-refractivity contribution in [3.8, 4) is 17.2 Å². The zero-order valence-corrected chi connectivity index (χ0v) is 16.9. The minimum absolute atomic E-state index is 0.203. The first-order chi connectivity index (χ1) is 14.1. The van der Waals surface area contributed by atoms with Crippen LogP contribution in [0.25, 0.3) is 0 Å². The number of fused-ring (bicyclic) bond motifs is 1. The van der Waals surface area contributed by atoms with Gasteiger partial charge in [0.15, 0.2) is 17.6 Å². The molecule has 29 heavy (non-hydrogen) atoms. The van der Waals surface area contributed by atoms with Crippen molar-refractivity contribution in [1.29, 1.82) is 0 Å². The van der Waals surface area contributed by atoms with Gasteiger partial charge in [-0.05, 0) is 36.8 Å². The molecule has 2 aromatic rings. The summed E-state index contributed by atoms with van der Waals surface area (Å²) in [5.41, 5.74) is 0.735. The first-order valence-corrected chi connectivity index (χ1v) is 10.0. The molecule has 2 aromatic carbocycles. The zero-order valence-electron chi connectivity index (χ0n) is 16.2. The van der Waals surface area contributed by atoms with Crippen LogP contribution >= 0.6 is 11.6 Å². The first kappa shape index (κ1) is 19.9. The summed E-state index contributed by atoms with van der Waals surface area (Å²) in [6.07, 6.45) is 0.0897. The summed E-state index contributed by atoms with van der Waals surface area (Å²) in [6, 6.07) is 13.0. The van der Waals surface area contributed by atoms with Gasteiger partial charge in [0.25, 0.3) is 0 Å². The standard InChI is InChI=1S/C22H23ClO6/c1-2-26-21(24)10-22(13-25-14-22)15-3-6-17(7-4-15)27-11-18-12-28-19-8-5-16(23)9-20(19)29-18/h3-9,18H,2,10-14H2,1H3. The Morgan fingerprint density at radius 1 is 1.17 bits per heavy atom. The van der Waals surface area contributed by atoms with Crippen LogP contribution in [0, 0.1) is 0 Å². The fourth-order valence-electron chi connectivity index (χ4n) is 3.47. The highest BCUT2D eigenvalue weighted by Crippen LogP contribution is 2.37. The largest absolute Gasteiger partial charge is 0.490 e. The third-order valence-corrected chi connectivity index (χ3v) is 5.31. The van der Waals surface area contributed by atoms with Crippen LogP contribution < -0.4 is 14.2 Å². The van der Waals surface area contributed by atoms with Gasteiger partial charge in [0, 0.05) is 11.1 Å². The van der Waals surface area contributed by atoms with E-state index in [2.05, 4.69) is 0 Å². The van der Waals surface area contributed by atoms with Crippen molar-refractivity contribution in [3.63, 3.8) is 0 Å². The van der Waals surface area contributed by atoms with Crippen molar-refractivity contribution in [2.24, 2.45) is 0 Å². The summed E-state index contributed by atoms with van der Waals surface area (Å²) >= 11 is 6.01.